The number of rotatable bonds is 22. The number of imidazole rings is 2. The first-order valence-corrected chi connectivity index (χ1v) is 14.9. The average Bonchev–Trinajstić information content (AvgIpc) is 3.56. The van der Waals surface area contributed by atoms with Crippen LogP contribution in [0.2, 0.25) is 0 Å². The predicted octanol–water partition coefficient (Wildman–Crippen LogP) is 8.18. The van der Waals surface area contributed by atoms with Gasteiger partial charge in [-0.15, -0.1) is 0 Å². The van der Waals surface area contributed by atoms with Gasteiger partial charge < -0.3 is 9.13 Å². The lowest BCUT2D eigenvalue weighted by Gasteiger charge is -2.17. The van der Waals surface area contributed by atoms with Crippen molar-refractivity contribution in [2.24, 2.45) is 0 Å². The Bertz CT molecular complexity index is 663. The minimum atomic E-state index is 1.02. The quantitative estimate of drug-likeness (QED) is 0.0963. The lowest BCUT2D eigenvalue weighted by Crippen LogP contribution is -2.04. The summed E-state index contributed by atoms with van der Waals surface area (Å²) in [6.45, 7) is 2.07. The first-order chi connectivity index (χ1) is 16.8. The van der Waals surface area contributed by atoms with Crippen LogP contribution in [0.3, 0.4) is 0 Å². The number of nitrogens with zero attached hydrogens (tertiary/aromatic N) is 4. The normalized spacial score (nSPS) is 12.3. The van der Waals surface area contributed by atoms with Gasteiger partial charge in [0.25, 0.3) is 0 Å². The van der Waals surface area contributed by atoms with E-state index in [2.05, 4.69) is 56.8 Å². The molecule has 0 radical (unpaired) electrons. The van der Waals surface area contributed by atoms with Crippen molar-refractivity contribution < 1.29 is 0 Å². The zero-order valence-electron chi connectivity index (χ0n) is 21.3. The molecule has 0 amide bonds. The zero-order valence-corrected chi connectivity index (χ0v) is 23.1. The topological polar surface area (TPSA) is 35.6 Å². The van der Waals surface area contributed by atoms with Crippen molar-refractivity contribution >= 4 is 25.3 Å². The SMILES string of the molecule is SCCCCCCCC/C(CCn1ccnc1)=C(\CCCCCCCCS)CCn1ccnc1. The van der Waals surface area contributed by atoms with Crippen molar-refractivity contribution in [2.45, 2.75) is 116 Å². The van der Waals surface area contributed by atoms with Gasteiger partial charge in [0.05, 0.1) is 12.7 Å². The van der Waals surface area contributed by atoms with Crippen molar-refractivity contribution in [2.75, 3.05) is 11.5 Å². The first-order valence-electron chi connectivity index (χ1n) is 13.7. The Balaban J connectivity index is 1.95. The molecule has 0 aliphatic rings. The van der Waals surface area contributed by atoms with Crippen LogP contribution >= 0.6 is 25.3 Å². The van der Waals surface area contributed by atoms with Crippen molar-refractivity contribution in [1.82, 2.24) is 19.1 Å². The molecule has 0 unspecified atom stereocenters. The average molecular weight is 505 g/mol. The summed E-state index contributed by atoms with van der Waals surface area (Å²) in [5.41, 5.74) is 3.42. The molecule has 0 aliphatic carbocycles. The van der Waals surface area contributed by atoms with Crippen molar-refractivity contribution in [3.63, 3.8) is 0 Å². The molecule has 0 atom stereocenters. The number of hydrogen-bond donors (Lipinski definition) is 2. The Hall–Kier alpha value is -1.14. The van der Waals surface area contributed by atoms with Crippen LogP contribution in [0.5, 0.6) is 0 Å². The predicted molar refractivity (Wildman–Crippen MR) is 153 cm³/mol. The zero-order chi connectivity index (χ0) is 24.1. The van der Waals surface area contributed by atoms with Crippen molar-refractivity contribution in [3.8, 4) is 0 Å². The molecule has 0 N–H and O–H groups in total. The number of aromatic nitrogens is 4. The van der Waals surface area contributed by atoms with Gasteiger partial charge in [-0.1, -0.05) is 62.5 Å². The second-order valence-corrected chi connectivity index (χ2v) is 10.4. The van der Waals surface area contributed by atoms with Gasteiger partial charge in [-0.2, -0.15) is 25.3 Å². The molecule has 0 aliphatic heterocycles. The van der Waals surface area contributed by atoms with Gasteiger partial charge in [-0.25, -0.2) is 9.97 Å². The molecule has 2 heterocycles. The van der Waals surface area contributed by atoms with E-state index in [9.17, 15) is 0 Å². The van der Waals surface area contributed by atoms with Gasteiger partial charge in [0.2, 0.25) is 0 Å². The van der Waals surface area contributed by atoms with E-state index in [0.29, 0.717) is 0 Å². The van der Waals surface area contributed by atoms with Crippen molar-refractivity contribution in [3.05, 3.63) is 48.6 Å². The molecule has 0 aromatic carbocycles. The third kappa shape index (κ3) is 13.7. The minimum Gasteiger partial charge on any atom is -0.337 e. The second kappa shape index (κ2) is 20.1. The summed E-state index contributed by atoms with van der Waals surface area (Å²) in [7, 11) is 0. The summed E-state index contributed by atoms with van der Waals surface area (Å²) in [5, 5.41) is 0. The highest BCUT2D eigenvalue weighted by molar-refractivity contribution is 7.80. The molecular weight excluding hydrogens is 456 g/mol. The molecule has 6 heteroatoms. The van der Waals surface area contributed by atoms with Crippen molar-refractivity contribution in [1.29, 1.82) is 0 Å². The van der Waals surface area contributed by atoms with E-state index in [1.807, 2.05) is 25.0 Å². The van der Waals surface area contributed by atoms with Gasteiger partial charge in [0.1, 0.15) is 0 Å². The molecule has 0 saturated heterocycles. The molecule has 0 spiro atoms. The fraction of sp³-hybridized carbons (Fsp3) is 0.714. The molecule has 4 nitrogen and oxygen atoms in total. The van der Waals surface area contributed by atoms with Crippen LogP contribution in [0.25, 0.3) is 0 Å². The van der Waals surface area contributed by atoms with E-state index in [0.717, 1.165) is 37.4 Å². The Morgan fingerprint density at radius 1 is 0.500 bits per heavy atom. The fourth-order valence-electron chi connectivity index (χ4n) is 4.64. The Morgan fingerprint density at radius 2 is 0.882 bits per heavy atom. The van der Waals surface area contributed by atoms with E-state index in [4.69, 9.17) is 0 Å². The molecule has 192 valence electrons. The fourth-order valence-corrected chi connectivity index (χ4v) is 5.09. The second-order valence-electron chi connectivity index (χ2n) is 9.50. The first kappa shape index (κ1) is 29.1. The highest BCUT2D eigenvalue weighted by atomic mass is 32.1. The minimum absolute atomic E-state index is 1.02. The Labute approximate surface area is 219 Å². The summed E-state index contributed by atoms with van der Waals surface area (Å²) in [6.07, 6.45) is 32.6. The van der Waals surface area contributed by atoms with E-state index < -0.39 is 0 Å². The molecule has 2 rings (SSSR count). The molecule has 34 heavy (non-hydrogen) atoms. The lowest BCUT2D eigenvalue weighted by atomic mass is 9.92. The smallest absolute Gasteiger partial charge is 0.0946 e. The molecule has 0 fully saturated rings. The van der Waals surface area contributed by atoms with Gasteiger partial charge >= 0.3 is 0 Å². The van der Waals surface area contributed by atoms with Crippen LogP contribution in [0.1, 0.15) is 103 Å². The van der Waals surface area contributed by atoms with Crippen LogP contribution in [0.4, 0.5) is 0 Å². The van der Waals surface area contributed by atoms with Gasteiger partial charge in [-0.05, 0) is 62.9 Å². The standard InChI is InChI=1S/C28H48N4S2/c33-23-11-7-3-1-5-9-13-27(15-19-31-21-17-29-25-31)28(16-20-32-22-18-30-26-32)14-10-6-2-4-8-12-24-34/h17-18,21-22,25-26,33-34H,1-16,19-20,23-24H2/b28-27-. The Kier molecular flexibility index (Phi) is 17.2. The number of aryl methyl sites for hydroxylation is 2. The maximum absolute atomic E-state index is 4.34. The van der Waals surface area contributed by atoms with Gasteiger partial charge in [0.15, 0.2) is 0 Å². The van der Waals surface area contributed by atoms with E-state index >= 15 is 0 Å². The Morgan fingerprint density at radius 3 is 1.24 bits per heavy atom. The summed E-state index contributed by atoms with van der Waals surface area (Å²) in [4.78, 5) is 8.49. The maximum Gasteiger partial charge on any atom is 0.0946 e. The van der Waals surface area contributed by atoms with E-state index in [-0.39, 0.29) is 0 Å². The molecule has 2 aromatic rings. The van der Waals surface area contributed by atoms with Gasteiger partial charge in [-0.3, -0.25) is 0 Å². The number of hydrogen-bond acceptors (Lipinski definition) is 4. The number of unbranched alkanes of at least 4 members (excludes halogenated alkanes) is 10. The summed E-state index contributed by atoms with van der Waals surface area (Å²) < 4.78 is 4.46. The van der Waals surface area contributed by atoms with Crippen LogP contribution in [0.15, 0.2) is 48.6 Å². The van der Waals surface area contributed by atoms with Crippen LogP contribution in [-0.2, 0) is 13.1 Å². The summed E-state index contributed by atoms with van der Waals surface area (Å²) in [6, 6.07) is 0. The highest BCUT2D eigenvalue weighted by Gasteiger charge is 2.09. The third-order valence-electron chi connectivity index (χ3n) is 6.74. The van der Waals surface area contributed by atoms with E-state index in [1.165, 1.54) is 89.9 Å². The maximum atomic E-state index is 4.34. The lowest BCUT2D eigenvalue weighted by molar-refractivity contribution is 0.569. The van der Waals surface area contributed by atoms with Crippen LogP contribution in [0, 0.1) is 0 Å². The molecular formula is C28H48N4S2. The molecule has 0 bridgehead atoms. The van der Waals surface area contributed by atoms with E-state index in [1.54, 1.807) is 11.1 Å². The number of thiol groups is 2. The monoisotopic (exact) mass is 504 g/mol. The summed E-state index contributed by atoms with van der Waals surface area (Å²) >= 11 is 8.68. The highest BCUT2D eigenvalue weighted by Crippen LogP contribution is 2.26. The largest absolute Gasteiger partial charge is 0.337 e. The van der Waals surface area contributed by atoms with Crippen LogP contribution in [-0.4, -0.2) is 30.6 Å². The van der Waals surface area contributed by atoms with Crippen LogP contribution < -0.4 is 0 Å². The molecule has 2 aromatic heterocycles. The molecule has 0 saturated carbocycles. The van der Waals surface area contributed by atoms with Gasteiger partial charge in [0, 0.05) is 37.9 Å². The third-order valence-corrected chi connectivity index (χ3v) is 7.37. The number of allylic oxidation sites excluding steroid dienone is 2. The summed E-state index contributed by atoms with van der Waals surface area (Å²) in [5.74, 6) is 2.05.